The molecule has 3 rings (SSSR count). The number of benzene rings is 1. The number of aromatic nitrogens is 2. The van der Waals surface area contributed by atoms with Crippen LogP contribution in [-0.2, 0) is 4.79 Å². The zero-order valence-corrected chi connectivity index (χ0v) is 10.2. The van der Waals surface area contributed by atoms with Crippen LogP contribution in [0.25, 0.3) is 10.9 Å². The van der Waals surface area contributed by atoms with Crippen LogP contribution < -0.4 is 10.6 Å². The van der Waals surface area contributed by atoms with Crippen LogP contribution in [0.1, 0.15) is 6.42 Å². The highest BCUT2D eigenvalue weighted by Crippen LogP contribution is 2.29. The molecule has 5 nitrogen and oxygen atoms in total. The number of amides is 1. The molecule has 1 fully saturated rings. The van der Waals surface area contributed by atoms with Crippen molar-refractivity contribution in [1.29, 1.82) is 0 Å². The number of nitrogens with zero attached hydrogens (tertiary/aromatic N) is 3. The lowest BCUT2D eigenvalue weighted by molar-refractivity contribution is -0.117. The van der Waals surface area contributed by atoms with Gasteiger partial charge in [0.2, 0.25) is 11.9 Å². The summed E-state index contributed by atoms with van der Waals surface area (Å²) in [6.07, 6.45) is 5.75. The van der Waals surface area contributed by atoms with Gasteiger partial charge in [-0.05, 0) is 12.1 Å². The molecule has 1 aliphatic heterocycles. The lowest BCUT2D eigenvalue weighted by Crippen LogP contribution is -2.26. The molecule has 1 unspecified atom stereocenters. The number of anilines is 2. The number of carbonyl (C=O) groups is 1. The first kappa shape index (κ1) is 11.5. The van der Waals surface area contributed by atoms with Crippen molar-refractivity contribution in [1.82, 2.24) is 9.97 Å². The second-order valence-corrected chi connectivity index (χ2v) is 4.49. The summed E-state index contributed by atoms with van der Waals surface area (Å²) in [5.74, 6) is 3.24. The first-order chi connectivity index (χ1) is 9.19. The van der Waals surface area contributed by atoms with E-state index in [2.05, 4.69) is 15.9 Å². The molecular formula is C14H12N4O. The maximum atomic E-state index is 12.0. The SMILES string of the molecule is C#CC1CC(=O)N(c2nc(N)nc3ccccc23)C1. The fourth-order valence-corrected chi connectivity index (χ4v) is 2.31. The normalized spacial score (nSPS) is 18.8. The molecule has 0 aliphatic carbocycles. The number of para-hydroxylation sites is 1. The van der Waals surface area contributed by atoms with Gasteiger partial charge in [-0.25, -0.2) is 4.98 Å². The number of nitrogen functional groups attached to an aromatic ring is 1. The van der Waals surface area contributed by atoms with E-state index < -0.39 is 0 Å². The lowest BCUT2D eigenvalue weighted by Gasteiger charge is -2.17. The highest BCUT2D eigenvalue weighted by molar-refractivity contribution is 6.03. The maximum absolute atomic E-state index is 12.0. The Kier molecular flexibility index (Phi) is 2.57. The molecule has 0 radical (unpaired) electrons. The van der Waals surface area contributed by atoms with Crippen LogP contribution in [0.15, 0.2) is 24.3 Å². The van der Waals surface area contributed by atoms with Crippen molar-refractivity contribution in [2.75, 3.05) is 17.2 Å². The number of carbonyl (C=O) groups excluding carboxylic acids is 1. The molecular weight excluding hydrogens is 240 g/mol. The molecule has 5 heteroatoms. The van der Waals surface area contributed by atoms with Gasteiger partial charge in [0.1, 0.15) is 5.82 Å². The number of fused-ring (bicyclic) bond motifs is 1. The number of terminal acetylenes is 1. The van der Waals surface area contributed by atoms with E-state index in [9.17, 15) is 4.79 Å². The van der Waals surface area contributed by atoms with Crippen LogP contribution in [0.3, 0.4) is 0 Å². The van der Waals surface area contributed by atoms with E-state index in [0.29, 0.717) is 18.8 Å². The largest absolute Gasteiger partial charge is 0.368 e. The molecule has 1 amide bonds. The Morgan fingerprint density at radius 2 is 2.16 bits per heavy atom. The minimum atomic E-state index is -0.0672. The Labute approximate surface area is 110 Å². The average molecular weight is 252 g/mol. The number of rotatable bonds is 1. The highest BCUT2D eigenvalue weighted by Gasteiger charge is 2.31. The number of hydrogen-bond donors (Lipinski definition) is 1. The van der Waals surface area contributed by atoms with Gasteiger partial charge in [0.05, 0.1) is 5.52 Å². The van der Waals surface area contributed by atoms with E-state index in [1.54, 1.807) is 4.90 Å². The first-order valence-electron chi connectivity index (χ1n) is 5.98. The monoisotopic (exact) mass is 252 g/mol. The summed E-state index contributed by atoms with van der Waals surface area (Å²) < 4.78 is 0. The third kappa shape index (κ3) is 1.87. The molecule has 1 atom stereocenters. The Hall–Kier alpha value is -2.61. The summed E-state index contributed by atoms with van der Waals surface area (Å²) in [5, 5.41) is 0.808. The molecule has 19 heavy (non-hydrogen) atoms. The molecule has 1 aromatic heterocycles. The molecule has 94 valence electrons. The van der Waals surface area contributed by atoms with Crippen LogP contribution in [0.2, 0.25) is 0 Å². The van der Waals surface area contributed by atoms with Crippen molar-refractivity contribution in [3.8, 4) is 12.3 Å². The van der Waals surface area contributed by atoms with E-state index in [1.807, 2.05) is 24.3 Å². The van der Waals surface area contributed by atoms with Gasteiger partial charge in [0.15, 0.2) is 0 Å². The van der Waals surface area contributed by atoms with Crippen molar-refractivity contribution in [2.45, 2.75) is 6.42 Å². The van der Waals surface area contributed by atoms with Crippen LogP contribution in [0.5, 0.6) is 0 Å². The van der Waals surface area contributed by atoms with Crippen LogP contribution >= 0.6 is 0 Å². The van der Waals surface area contributed by atoms with Gasteiger partial charge in [0.25, 0.3) is 0 Å². The Morgan fingerprint density at radius 1 is 1.37 bits per heavy atom. The molecule has 2 aromatic rings. The Morgan fingerprint density at radius 3 is 2.89 bits per heavy atom. The second kappa shape index (κ2) is 4.25. The summed E-state index contributed by atoms with van der Waals surface area (Å²) in [7, 11) is 0. The van der Waals surface area contributed by atoms with Crippen LogP contribution in [-0.4, -0.2) is 22.4 Å². The quantitative estimate of drug-likeness (QED) is 0.774. The molecule has 0 saturated carbocycles. The fraction of sp³-hybridized carbons (Fsp3) is 0.214. The highest BCUT2D eigenvalue weighted by atomic mass is 16.2. The Bertz CT molecular complexity index is 704. The molecule has 0 spiro atoms. The van der Waals surface area contributed by atoms with Gasteiger partial charge in [-0.2, -0.15) is 4.98 Å². The summed E-state index contributed by atoms with van der Waals surface area (Å²) in [5.41, 5.74) is 6.43. The van der Waals surface area contributed by atoms with Gasteiger partial charge in [-0.1, -0.05) is 12.1 Å². The van der Waals surface area contributed by atoms with E-state index >= 15 is 0 Å². The zero-order chi connectivity index (χ0) is 13.4. The molecule has 1 aromatic carbocycles. The predicted octanol–water partition coefficient (Wildman–Crippen LogP) is 1.20. The average Bonchev–Trinajstić information content (AvgIpc) is 2.79. The van der Waals surface area contributed by atoms with Crippen molar-refractivity contribution in [3.63, 3.8) is 0 Å². The molecule has 2 heterocycles. The molecule has 1 saturated heterocycles. The van der Waals surface area contributed by atoms with E-state index in [-0.39, 0.29) is 17.8 Å². The third-order valence-corrected chi connectivity index (χ3v) is 3.22. The zero-order valence-electron chi connectivity index (χ0n) is 10.2. The lowest BCUT2D eigenvalue weighted by atomic mass is 10.1. The van der Waals surface area contributed by atoms with Gasteiger partial charge in [0, 0.05) is 24.3 Å². The van der Waals surface area contributed by atoms with Gasteiger partial charge < -0.3 is 5.73 Å². The van der Waals surface area contributed by atoms with E-state index in [0.717, 1.165) is 10.9 Å². The summed E-state index contributed by atoms with van der Waals surface area (Å²) in [6, 6.07) is 7.47. The number of hydrogen-bond acceptors (Lipinski definition) is 4. The third-order valence-electron chi connectivity index (χ3n) is 3.22. The van der Waals surface area contributed by atoms with Crippen LogP contribution in [0.4, 0.5) is 11.8 Å². The van der Waals surface area contributed by atoms with Gasteiger partial charge >= 0.3 is 0 Å². The molecule has 1 aliphatic rings. The summed E-state index contributed by atoms with van der Waals surface area (Å²) in [6.45, 7) is 0.482. The molecule has 0 bridgehead atoms. The fourth-order valence-electron chi connectivity index (χ4n) is 2.31. The minimum absolute atomic E-state index is 0.0220. The Balaban J connectivity index is 2.15. The first-order valence-corrected chi connectivity index (χ1v) is 5.98. The van der Waals surface area contributed by atoms with E-state index in [4.69, 9.17) is 12.2 Å². The van der Waals surface area contributed by atoms with Crippen LogP contribution in [0, 0.1) is 18.3 Å². The topological polar surface area (TPSA) is 72.1 Å². The van der Waals surface area contributed by atoms with Crippen molar-refractivity contribution in [2.24, 2.45) is 5.92 Å². The molecule has 2 N–H and O–H groups in total. The van der Waals surface area contributed by atoms with Gasteiger partial charge in [-0.3, -0.25) is 9.69 Å². The predicted molar refractivity (Wildman–Crippen MR) is 73.2 cm³/mol. The van der Waals surface area contributed by atoms with Crippen molar-refractivity contribution >= 4 is 28.6 Å². The van der Waals surface area contributed by atoms with E-state index in [1.165, 1.54) is 0 Å². The maximum Gasteiger partial charge on any atom is 0.229 e. The second-order valence-electron chi connectivity index (χ2n) is 4.49. The van der Waals surface area contributed by atoms with Gasteiger partial charge in [-0.15, -0.1) is 12.3 Å². The standard InChI is InChI=1S/C14H12N4O/c1-2-9-7-12(19)18(8-9)13-10-5-3-4-6-11(10)16-14(15)17-13/h1,3-6,9H,7-8H2,(H2,15,16,17). The van der Waals surface area contributed by atoms with Crippen molar-refractivity contribution in [3.05, 3.63) is 24.3 Å². The minimum Gasteiger partial charge on any atom is -0.368 e. The summed E-state index contributed by atoms with van der Waals surface area (Å²) >= 11 is 0. The van der Waals surface area contributed by atoms with Crippen molar-refractivity contribution < 1.29 is 4.79 Å². The summed E-state index contributed by atoms with van der Waals surface area (Å²) in [4.78, 5) is 22.0. The number of nitrogens with two attached hydrogens (primary N) is 1. The smallest absolute Gasteiger partial charge is 0.229 e.